The van der Waals surface area contributed by atoms with Crippen molar-refractivity contribution in [2.45, 2.75) is 45.9 Å². The second-order valence-electron chi connectivity index (χ2n) is 9.48. The molecule has 184 valence electrons. The van der Waals surface area contributed by atoms with E-state index in [4.69, 9.17) is 4.42 Å². The van der Waals surface area contributed by atoms with Crippen LogP contribution in [0.15, 0.2) is 71.3 Å². The Morgan fingerprint density at radius 3 is 2.49 bits per heavy atom. The number of piperazine rings is 1. The summed E-state index contributed by atoms with van der Waals surface area (Å²) < 4.78 is 19.1. The lowest BCUT2D eigenvalue weighted by molar-refractivity contribution is -0.150. The van der Waals surface area contributed by atoms with Crippen LogP contribution in [0.25, 0.3) is 11.3 Å². The normalized spacial score (nSPS) is 18.6. The van der Waals surface area contributed by atoms with Gasteiger partial charge < -0.3 is 14.6 Å². The summed E-state index contributed by atoms with van der Waals surface area (Å²) in [5.74, 6) is 0.0713. The molecule has 2 unspecified atom stereocenters. The number of hydrogen-bond donors (Lipinski definition) is 1. The van der Waals surface area contributed by atoms with Gasteiger partial charge in [0.1, 0.15) is 17.6 Å². The first-order valence-corrected chi connectivity index (χ1v) is 12.0. The standard InChI is InChI=1S/C28H32FN3O3/c1-19(2)28(34)32-20(3)16-31(17-22-6-4-7-24(29)14-22)18-25(32)27(33)30-15-21-9-11-23(12-10-21)26-8-5-13-35-26/h4-14,19-20,25H,15-18H2,1-3H3,(H,30,33). The van der Waals surface area contributed by atoms with Crippen LogP contribution in [0.4, 0.5) is 4.39 Å². The molecule has 7 heteroatoms. The molecule has 4 rings (SSSR count). The van der Waals surface area contributed by atoms with Gasteiger partial charge in [-0.05, 0) is 42.3 Å². The Morgan fingerprint density at radius 2 is 1.83 bits per heavy atom. The van der Waals surface area contributed by atoms with Crippen LogP contribution >= 0.6 is 0 Å². The molecular formula is C28H32FN3O3. The average Bonchev–Trinajstić information content (AvgIpc) is 3.37. The fraction of sp³-hybridized carbons (Fsp3) is 0.357. The minimum Gasteiger partial charge on any atom is -0.464 e. The summed E-state index contributed by atoms with van der Waals surface area (Å²) in [5, 5.41) is 3.02. The Bertz CT molecular complexity index is 1140. The molecular weight excluding hydrogens is 445 g/mol. The van der Waals surface area contributed by atoms with Crippen molar-refractivity contribution in [3.05, 3.63) is 83.9 Å². The minimum atomic E-state index is -0.621. The van der Waals surface area contributed by atoms with Gasteiger partial charge in [-0.1, -0.05) is 50.2 Å². The molecule has 0 saturated carbocycles. The van der Waals surface area contributed by atoms with E-state index in [-0.39, 0.29) is 29.6 Å². The highest BCUT2D eigenvalue weighted by Gasteiger charge is 2.39. The zero-order valence-electron chi connectivity index (χ0n) is 20.4. The molecule has 3 aromatic rings. The second-order valence-corrected chi connectivity index (χ2v) is 9.48. The molecule has 0 spiro atoms. The number of halogens is 1. The van der Waals surface area contributed by atoms with Crippen molar-refractivity contribution in [1.29, 1.82) is 0 Å². The van der Waals surface area contributed by atoms with E-state index < -0.39 is 6.04 Å². The Hall–Kier alpha value is -3.45. The number of carbonyl (C=O) groups excluding carboxylic acids is 2. The lowest BCUT2D eigenvalue weighted by atomic mass is 10.0. The Labute approximate surface area is 205 Å². The predicted octanol–water partition coefficient (Wildman–Crippen LogP) is 4.46. The summed E-state index contributed by atoms with van der Waals surface area (Å²) in [5.41, 5.74) is 2.76. The molecule has 35 heavy (non-hydrogen) atoms. The second kappa shape index (κ2) is 10.9. The van der Waals surface area contributed by atoms with Gasteiger partial charge in [-0.25, -0.2) is 4.39 Å². The number of rotatable bonds is 7. The zero-order chi connectivity index (χ0) is 24.9. The van der Waals surface area contributed by atoms with E-state index >= 15 is 0 Å². The molecule has 2 heterocycles. The first-order valence-electron chi connectivity index (χ1n) is 12.0. The number of hydrogen-bond acceptors (Lipinski definition) is 4. The van der Waals surface area contributed by atoms with Crippen molar-refractivity contribution in [3.8, 4) is 11.3 Å². The van der Waals surface area contributed by atoms with Crippen molar-refractivity contribution in [2.24, 2.45) is 5.92 Å². The minimum absolute atomic E-state index is 0.0362. The van der Waals surface area contributed by atoms with E-state index in [2.05, 4.69) is 10.2 Å². The molecule has 2 amide bonds. The number of nitrogens with one attached hydrogen (secondary N) is 1. The quantitative estimate of drug-likeness (QED) is 0.546. The highest BCUT2D eigenvalue weighted by atomic mass is 19.1. The average molecular weight is 478 g/mol. The van der Waals surface area contributed by atoms with E-state index in [0.29, 0.717) is 26.2 Å². The first-order chi connectivity index (χ1) is 16.8. The third kappa shape index (κ3) is 5.98. The van der Waals surface area contributed by atoms with Crippen LogP contribution < -0.4 is 5.32 Å². The smallest absolute Gasteiger partial charge is 0.244 e. The summed E-state index contributed by atoms with van der Waals surface area (Å²) >= 11 is 0. The molecule has 6 nitrogen and oxygen atoms in total. The van der Waals surface area contributed by atoms with E-state index in [9.17, 15) is 14.0 Å². The van der Waals surface area contributed by atoms with Crippen LogP contribution in [0.5, 0.6) is 0 Å². The molecule has 1 aromatic heterocycles. The molecule has 2 atom stereocenters. The third-order valence-electron chi connectivity index (χ3n) is 6.34. The predicted molar refractivity (Wildman–Crippen MR) is 133 cm³/mol. The summed E-state index contributed by atoms with van der Waals surface area (Å²) in [6.07, 6.45) is 1.64. The zero-order valence-corrected chi connectivity index (χ0v) is 20.4. The van der Waals surface area contributed by atoms with Crippen molar-refractivity contribution in [2.75, 3.05) is 13.1 Å². The molecule has 1 aliphatic heterocycles. The SMILES string of the molecule is CC(C)C(=O)N1C(C)CN(Cc2cccc(F)c2)CC1C(=O)NCc1ccc(-c2ccco2)cc1. The van der Waals surface area contributed by atoms with Gasteiger partial charge in [0, 0.05) is 43.7 Å². The van der Waals surface area contributed by atoms with Gasteiger partial charge in [-0.3, -0.25) is 14.5 Å². The molecule has 1 saturated heterocycles. The molecule has 0 aliphatic carbocycles. The summed E-state index contributed by atoms with van der Waals surface area (Å²) in [6.45, 7) is 7.55. The van der Waals surface area contributed by atoms with Gasteiger partial charge in [0.25, 0.3) is 0 Å². The van der Waals surface area contributed by atoms with Crippen LogP contribution in [-0.2, 0) is 22.7 Å². The van der Waals surface area contributed by atoms with Gasteiger partial charge in [0.15, 0.2) is 0 Å². The van der Waals surface area contributed by atoms with E-state index in [0.717, 1.165) is 22.5 Å². The maximum atomic E-state index is 13.7. The highest BCUT2D eigenvalue weighted by molar-refractivity contribution is 5.89. The van der Waals surface area contributed by atoms with Crippen molar-refractivity contribution in [3.63, 3.8) is 0 Å². The van der Waals surface area contributed by atoms with Gasteiger partial charge in [-0.15, -0.1) is 0 Å². The molecule has 1 fully saturated rings. The Kier molecular flexibility index (Phi) is 7.66. The Balaban J connectivity index is 1.46. The van der Waals surface area contributed by atoms with Gasteiger partial charge in [0.2, 0.25) is 11.8 Å². The Morgan fingerprint density at radius 1 is 1.06 bits per heavy atom. The molecule has 0 bridgehead atoms. The monoisotopic (exact) mass is 477 g/mol. The maximum Gasteiger partial charge on any atom is 0.244 e. The van der Waals surface area contributed by atoms with Crippen LogP contribution in [0, 0.1) is 11.7 Å². The van der Waals surface area contributed by atoms with E-state index in [1.165, 1.54) is 12.1 Å². The largest absolute Gasteiger partial charge is 0.464 e. The lowest BCUT2D eigenvalue weighted by Gasteiger charge is -2.45. The number of benzene rings is 2. The van der Waals surface area contributed by atoms with Gasteiger partial charge in [0.05, 0.1) is 6.26 Å². The molecule has 2 aromatic carbocycles. The number of nitrogens with zero attached hydrogens (tertiary/aromatic N) is 2. The molecule has 0 radical (unpaired) electrons. The van der Waals surface area contributed by atoms with Crippen LogP contribution in [0.2, 0.25) is 0 Å². The van der Waals surface area contributed by atoms with Gasteiger partial charge >= 0.3 is 0 Å². The lowest BCUT2D eigenvalue weighted by Crippen LogP contribution is -2.64. The highest BCUT2D eigenvalue weighted by Crippen LogP contribution is 2.22. The molecule has 1 N–H and O–H groups in total. The van der Waals surface area contributed by atoms with E-state index in [1.54, 1.807) is 17.2 Å². The first kappa shape index (κ1) is 24.7. The summed E-state index contributed by atoms with van der Waals surface area (Å²) in [4.78, 5) is 30.2. The maximum absolute atomic E-state index is 13.7. The van der Waals surface area contributed by atoms with Crippen LogP contribution in [0.1, 0.15) is 31.9 Å². The fourth-order valence-corrected chi connectivity index (χ4v) is 4.61. The van der Waals surface area contributed by atoms with E-state index in [1.807, 2.05) is 63.2 Å². The topological polar surface area (TPSA) is 65.8 Å². The number of amides is 2. The van der Waals surface area contributed by atoms with Crippen LogP contribution in [-0.4, -0.2) is 46.8 Å². The van der Waals surface area contributed by atoms with Crippen LogP contribution in [0.3, 0.4) is 0 Å². The van der Waals surface area contributed by atoms with Crippen molar-refractivity contribution >= 4 is 11.8 Å². The number of furan rings is 1. The van der Waals surface area contributed by atoms with Crippen molar-refractivity contribution < 1.29 is 18.4 Å². The number of carbonyl (C=O) groups is 2. The van der Waals surface area contributed by atoms with Crippen molar-refractivity contribution in [1.82, 2.24) is 15.1 Å². The van der Waals surface area contributed by atoms with Gasteiger partial charge in [-0.2, -0.15) is 0 Å². The summed E-state index contributed by atoms with van der Waals surface area (Å²) in [6, 6.07) is 17.3. The molecule has 1 aliphatic rings. The third-order valence-corrected chi connectivity index (χ3v) is 6.34. The fourth-order valence-electron chi connectivity index (χ4n) is 4.61. The summed E-state index contributed by atoms with van der Waals surface area (Å²) in [7, 11) is 0.